The number of carbonyl (C=O) groups excluding carboxylic acids is 6. The van der Waals surface area contributed by atoms with Crippen molar-refractivity contribution in [3.05, 3.63) is 120 Å². The molecule has 0 aliphatic carbocycles. The number of nitrogens with zero attached hydrogens (tertiary/aromatic N) is 6. The summed E-state index contributed by atoms with van der Waals surface area (Å²) in [5.41, 5.74) is 1.96. The van der Waals surface area contributed by atoms with Crippen molar-refractivity contribution in [1.29, 1.82) is 0 Å². The summed E-state index contributed by atoms with van der Waals surface area (Å²) in [5.74, 6) is -10.1. The number of quaternary nitrogens is 1. The number of ketones is 2. The Hall–Kier alpha value is -8.33. The molecule has 4 atom stereocenters. The first-order valence-electron chi connectivity index (χ1n) is 25.5. The fourth-order valence-electron chi connectivity index (χ4n) is 9.56. The zero-order valence-corrected chi connectivity index (χ0v) is 44.6. The minimum Gasteiger partial charge on any atom is -0.600 e. The number of carbonyl (C=O) groups is 10. The zero-order valence-electron chi connectivity index (χ0n) is 44.6. The fourth-order valence-corrected chi connectivity index (χ4v) is 9.56. The molecule has 8 N–H and O–H groups in total. The highest BCUT2D eigenvalue weighted by atomic mass is 16.7. The number of benzene rings is 2. The Balaban J connectivity index is 0.000000292. The molecule has 0 bridgehead atoms. The molecule has 26 nitrogen and oxygen atoms in total. The van der Waals surface area contributed by atoms with Gasteiger partial charge in [-0.2, -0.15) is 0 Å². The molecule has 2 aromatic heterocycles. The molecule has 0 unspecified atom stereocenters. The molecule has 4 aromatic rings. The number of hydrogen-bond donors (Lipinski definition) is 8. The van der Waals surface area contributed by atoms with Crippen molar-refractivity contribution in [1.82, 2.24) is 35.5 Å². The van der Waals surface area contributed by atoms with Gasteiger partial charge in [0.15, 0.2) is 11.6 Å². The van der Waals surface area contributed by atoms with Crippen molar-refractivity contribution in [3.8, 4) is 0 Å². The molecule has 2 amide bonds. The maximum atomic E-state index is 13.9. The highest BCUT2D eigenvalue weighted by Crippen LogP contribution is 2.47. The van der Waals surface area contributed by atoms with E-state index in [1.807, 2.05) is 88.4 Å². The van der Waals surface area contributed by atoms with Gasteiger partial charge in [-0.3, -0.25) is 58.0 Å². The van der Waals surface area contributed by atoms with Crippen LogP contribution in [0.5, 0.6) is 0 Å². The number of fused-ring (bicyclic) bond motifs is 1. The number of Topliss-reactive ketones (excluding diaryl/α,β-unsaturated/α-hetero) is 2. The molecule has 6 rings (SSSR count). The van der Waals surface area contributed by atoms with E-state index in [1.54, 1.807) is 0 Å². The van der Waals surface area contributed by atoms with Gasteiger partial charge in [-0.1, -0.05) is 94.8 Å². The molecule has 28 heteroatoms. The lowest BCUT2D eigenvalue weighted by Crippen LogP contribution is -2.67. The summed E-state index contributed by atoms with van der Waals surface area (Å²) in [6.45, 7) is 1.80. The maximum absolute atomic E-state index is 13.9. The molecule has 2 aliphatic rings. The number of nitrogens with one attached hydrogen (secondary N) is 2. The van der Waals surface area contributed by atoms with Crippen LogP contribution >= 0.6 is 0 Å². The van der Waals surface area contributed by atoms with E-state index in [1.165, 1.54) is 37.2 Å². The van der Waals surface area contributed by atoms with Gasteiger partial charge in [0.1, 0.15) is 31.0 Å². The second kappa shape index (κ2) is 30.7. The van der Waals surface area contributed by atoms with E-state index < -0.39 is 110 Å². The van der Waals surface area contributed by atoms with Gasteiger partial charge in [0.2, 0.25) is 5.91 Å². The summed E-state index contributed by atoms with van der Waals surface area (Å²) in [5, 5.41) is 59.1. The van der Waals surface area contributed by atoms with Crippen LogP contribution in [0.2, 0.25) is 5.82 Å². The molecule has 2 aliphatic heterocycles. The van der Waals surface area contributed by atoms with Crippen LogP contribution in [0, 0.1) is 17.8 Å². The first kappa shape index (κ1) is 64.2. The van der Waals surface area contributed by atoms with Crippen LogP contribution < -0.4 is 10.6 Å². The molecule has 0 spiro atoms. The third-order valence-corrected chi connectivity index (χ3v) is 12.8. The maximum Gasteiger partial charge on any atom is 0.588 e. The quantitative estimate of drug-likeness (QED) is 0.0292. The molecule has 80 heavy (non-hydrogen) atoms. The van der Waals surface area contributed by atoms with Gasteiger partial charge >= 0.3 is 49.6 Å². The summed E-state index contributed by atoms with van der Waals surface area (Å²) in [6, 6.07) is 17.5. The van der Waals surface area contributed by atoms with E-state index in [-0.39, 0.29) is 73.0 Å². The van der Waals surface area contributed by atoms with Crippen LogP contribution in [0.1, 0.15) is 85.5 Å². The first-order valence-corrected chi connectivity index (χ1v) is 25.5. The Labute approximate surface area is 460 Å². The van der Waals surface area contributed by atoms with E-state index in [9.17, 15) is 63.1 Å². The summed E-state index contributed by atoms with van der Waals surface area (Å²) in [4.78, 5) is 136. The van der Waals surface area contributed by atoms with E-state index in [2.05, 4.69) is 30.6 Å². The Kier molecular flexibility index (Phi) is 24.7. The Morgan fingerprint density at radius 2 is 1.14 bits per heavy atom. The van der Waals surface area contributed by atoms with Crippen LogP contribution in [0.4, 0.5) is 0 Å². The molecule has 428 valence electrons. The van der Waals surface area contributed by atoms with Crippen LogP contribution in [-0.2, 0) is 60.5 Å². The number of aliphatic carboxylic acids is 4. The third-order valence-electron chi connectivity index (χ3n) is 12.8. The summed E-state index contributed by atoms with van der Waals surface area (Å²) in [6.07, 6.45) is 9.37. The van der Waals surface area contributed by atoms with Crippen LogP contribution in [0.3, 0.4) is 0 Å². The van der Waals surface area contributed by atoms with Crippen molar-refractivity contribution in [2.75, 3.05) is 39.3 Å². The predicted octanol–water partition coefficient (Wildman–Crippen LogP) is 1.14. The van der Waals surface area contributed by atoms with Gasteiger partial charge in [0.25, 0.3) is 5.91 Å². The lowest BCUT2D eigenvalue weighted by Gasteiger charge is -2.46. The minimum absolute atomic E-state index is 0.00820. The van der Waals surface area contributed by atoms with Crippen molar-refractivity contribution < 1.29 is 92.1 Å². The summed E-state index contributed by atoms with van der Waals surface area (Å²) in [7, 11) is -1.67. The van der Waals surface area contributed by atoms with E-state index in [0.29, 0.717) is 19.3 Å². The minimum atomic E-state index is -2.84. The van der Waals surface area contributed by atoms with Gasteiger partial charge in [-0.25, -0.2) is 14.8 Å². The average Bonchev–Trinajstić information content (AvgIpc) is 4.07. The Bertz CT molecular complexity index is 2710. The number of carboxylic acids is 4. The number of rotatable bonds is 28. The molecular formula is C52H66B2N8O18. The molecule has 0 radical (unpaired) electrons. The van der Waals surface area contributed by atoms with Gasteiger partial charge in [-0.05, 0) is 54.5 Å². The Morgan fingerprint density at radius 1 is 0.650 bits per heavy atom. The highest BCUT2D eigenvalue weighted by molar-refractivity contribution is 6.68. The average molecular weight is 1110 g/mol. The lowest BCUT2D eigenvalue weighted by molar-refractivity contribution is -0.808. The largest absolute Gasteiger partial charge is 0.600 e. The zero-order chi connectivity index (χ0) is 59.2. The number of hydrogen-bond acceptors (Lipinski definition) is 19. The van der Waals surface area contributed by atoms with Crippen molar-refractivity contribution in [2.45, 2.75) is 84.0 Å². The van der Waals surface area contributed by atoms with Crippen molar-refractivity contribution >= 4 is 73.0 Å². The molecule has 4 heterocycles. The third kappa shape index (κ3) is 20.2. The van der Waals surface area contributed by atoms with Crippen LogP contribution in [0.25, 0.3) is 0 Å². The van der Waals surface area contributed by atoms with Crippen molar-refractivity contribution in [2.24, 2.45) is 17.8 Å². The summed E-state index contributed by atoms with van der Waals surface area (Å²) < 4.78 is 10.9. The second-order valence-corrected chi connectivity index (χ2v) is 20.3. The van der Waals surface area contributed by atoms with Crippen LogP contribution in [0.15, 0.2) is 97.8 Å². The number of aromatic nitrogens is 4. The van der Waals surface area contributed by atoms with Gasteiger partial charge in [-0.15, -0.1) is 0 Å². The molecular weight excluding hydrogens is 1050 g/mol. The SMILES string of the molecule is CC(C)C[C@H](CC(=O)[C@H](Cc1ccccc1)NC(=O)c1cnccn1)[B-]12OC(=O)C[N+]1(CC(=O)O)CC(=O)O2.CC(C)C[C@H](NC(=O)[C@@H](CC(=O)c1cnccn1)Cc1ccccc1)B(O)O.O=C(O)CN(CC(=O)O)CC(=O)O. The van der Waals surface area contributed by atoms with Crippen LogP contribution in [-0.4, -0.2) is 184 Å². The normalized spacial score (nSPS) is 17.6. The number of carboxylic acid groups (broad SMARTS) is 4. The molecule has 2 fully saturated rings. The van der Waals surface area contributed by atoms with E-state index in [0.717, 1.165) is 16.0 Å². The number of amides is 2. The van der Waals surface area contributed by atoms with Gasteiger partial charge in [0, 0.05) is 37.1 Å². The van der Waals surface area contributed by atoms with E-state index in [4.69, 9.17) is 24.6 Å². The first-order chi connectivity index (χ1) is 37.8. The monoisotopic (exact) mass is 1110 g/mol. The fraction of sp³-hybridized carbons (Fsp3) is 0.423. The van der Waals surface area contributed by atoms with Gasteiger partial charge in [0.05, 0.1) is 44.0 Å². The summed E-state index contributed by atoms with van der Waals surface area (Å²) >= 11 is 0. The smallest absolute Gasteiger partial charge is 0.588 e. The molecule has 2 aromatic carbocycles. The highest BCUT2D eigenvalue weighted by Gasteiger charge is 2.71. The lowest BCUT2D eigenvalue weighted by atomic mass is 9.51. The molecule has 0 saturated carbocycles. The molecule has 2 saturated heterocycles. The van der Waals surface area contributed by atoms with Crippen molar-refractivity contribution in [3.63, 3.8) is 0 Å². The topological polar surface area (TPSA) is 389 Å². The predicted molar refractivity (Wildman–Crippen MR) is 282 cm³/mol. The Morgan fingerprint density at radius 3 is 1.57 bits per heavy atom. The second-order valence-electron chi connectivity index (χ2n) is 20.3. The van der Waals surface area contributed by atoms with Gasteiger partial charge < -0.3 is 54.8 Å². The standard InChI is InChI=1S/C26H31BN4O8.C20H26BN3O4.C6H9NO6/c1-17(2)10-19(27-31(14-23(33)34,15-24(35)38-27)16-25(36)39-27)12-22(32)20(11-18-6-4-3-5-7-18)30-26(37)21-13-28-8-9-29-21;1-14(2)10-19(21(27)28)24-20(26)16(11-15-6-4-3-5-7-15)12-18(25)17-13-22-8-9-23-17;8-4(9)1-7(2-5(10)11)3-6(12)13/h3-9,13,17,19-20H,10-12,14-16H2,1-2H3,(H,30,37)(H,33,34);3-9,13-14,16,19,27-28H,10-12H2,1-2H3,(H,24,26);1-3H2,(H,8,9)(H,10,11)(H,12,13)/t19-,20+,27?,31?;16-,19+;/m11./s1. The van der Waals surface area contributed by atoms with E-state index >= 15 is 0 Å².